The highest BCUT2D eigenvalue weighted by molar-refractivity contribution is 6.30. The van der Waals surface area contributed by atoms with Crippen LogP contribution in [-0.2, 0) is 6.54 Å². The largest absolute Gasteiger partial charge is 0.369 e. The Balaban J connectivity index is 1.42. The van der Waals surface area contributed by atoms with E-state index in [1.165, 1.54) is 16.6 Å². The number of hydrogen-bond donors (Lipinski definition) is 1. The molecule has 0 aliphatic carbocycles. The van der Waals surface area contributed by atoms with Gasteiger partial charge >= 0.3 is 0 Å². The van der Waals surface area contributed by atoms with Crippen LogP contribution < -0.4 is 4.90 Å². The summed E-state index contributed by atoms with van der Waals surface area (Å²) in [5, 5.41) is 2.02. The lowest BCUT2D eigenvalue weighted by Gasteiger charge is -2.36. The maximum atomic E-state index is 5.97. The van der Waals surface area contributed by atoms with Gasteiger partial charge in [0.1, 0.15) is 5.65 Å². The van der Waals surface area contributed by atoms with Crippen LogP contribution in [0.4, 0.5) is 5.69 Å². The summed E-state index contributed by atoms with van der Waals surface area (Å²) in [5.41, 5.74) is 3.57. The second-order valence-corrected chi connectivity index (χ2v) is 6.39. The van der Waals surface area contributed by atoms with E-state index in [-0.39, 0.29) is 0 Å². The summed E-state index contributed by atoms with van der Waals surface area (Å²) in [6.07, 6.45) is 3.85. The summed E-state index contributed by atoms with van der Waals surface area (Å²) in [7, 11) is 0. The number of halogens is 1. The normalized spacial score (nSPS) is 16.1. The fraction of sp³-hybridized carbons (Fsp3) is 0.278. The molecule has 0 spiro atoms. The molecule has 1 aliphatic heterocycles. The van der Waals surface area contributed by atoms with Crippen molar-refractivity contribution >= 4 is 28.3 Å². The monoisotopic (exact) mass is 326 g/mol. The van der Waals surface area contributed by atoms with Crippen LogP contribution in [0.25, 0.3) is 11.0 Å². The molecule has 5 heteroatoms. The summed E-state index contributed by atoms with van der Waals surface area (Å²) in [6.45, 7) is 5.20. The molecule has 1 aliphatic rings. The molecule has 0 unspecified atom stereocenters. The number of nitrogens with zero attached hydrogens (tertiary/aromatic N) is 3. The SMILES string of the molecule is Clc1ccc(N2CCN(Cc3ccnc4[nH]ccc34)CC2)cc1. The van der Waals surface area contributed by atoms with Crippen molar-refractivity contribution in [2.45, 2.75) is 6.54 Å². The van der Waals surface area contributed by atoms with Crippen LogP contribution in [0.3, 0.4) is 0 Å². The van der Waals surface area contributed by atoms with E-state index in [0.29, 0.717) is 0 Å². The van der Waals surface area contributed by atoms with Crippen LogP contribution in [0.15, 0.2) is 48.8 Å². The van der Waals surface area contributed by atoms with Crippen LogP contribution >= 0.6 is 11.6 Å². The van der Waals surface area contributed by atoms with Crippen LogP contribution in [0.5, 0.6) is 0 Å². The van der Waals surface area contributed by atoms with Gasteiger partial charge in [-0.05, 0) is 42.0 Å². The predicted molar refractivity (Wildman–Crippen MR) is 95.0 cm³/mol. The number of hydrogen-bond acceptors (Lipinski definition) is 3. The third-order valence-corrected chi connectivity index (χ3v) is 4.76. The minimum Gasteiger partial charge on any atom is -0.369 e. The Morgan fingerprint density at radius 3 is 2.57 bits per heavy atom. The van der Waals surface area contributed by atoms with Gasteiger partial charge in [-0.15, -0.1) is 0 Å². The molecule has 3 heterocycles. The fourth-order valence-corrected chi connectivity index (χ4v) is 3.34. The summed E-state index contributed by atoms with van der Waals surface area (Å²) < 4.78 is 0. The van der Waals surface area contributed by atoms with E-state index < -0.39 is 0 Å². The highest BCUT2D eigenvalue weighted by atomic mass is 35.5. The number of rotatable bonds is 3. The van der Waals surface area contributed by atoms with Gasteiger partial charge in [-0.2, -0.15) is 0 Å². The Bertz CT molecular complexity index is 788. The van der Waals surface area contributed by atoms with E-state index in [0.717, 1.165) is 43.4 Å². The lowest BCUT2D eigenvalue weighted by molar-refractivity contribution is 0.250. The first kappa shape index (κ1) is 14.5. The van der Waals surface area contributed by atoms with E-state index >= 15 is 0 Å². The fourth-order valence-electron chi connectivity index (χ4n) is 3.21. The quantitative estimate of drug-likeness (QED) is 0.799. The Labute approximate surface area is 140 Å². The molecule has 3 aromatic rings. The van der Waals surface area contributed by atoms with Gasteiger partial charge in [-0.3, -0.25) is 4.90 Å². The van der Waals surface area contributed by atoms with Crippen molar-refractivity contribution in [3.63, 3.8) is 0 Å². The molecule has 2 aromatic heterocycles. The maximum Gasteiger partial charge on any atom is 0.137 e. The number of aromatic amines is 1. The molecule has 4 nitrogen and oxygen atoms in total. The van der Waals surface area contributed by atoms with Crippen LogP contribution in [0.2, 0.25) is 5.02 Å². The molecule has 23 heavy (non-hydrogen) atoms. The number of benzene rings is 1. The van der Waals surface area contributed by atoms with Crippen LogP contribution in [0, 0.1) is 0 Å². The van der Waals surface area contributed by atoms with Gasteiger partial charge in [-0.1, -0.05) is 11.6 Å². The minimum absolute atomic E-state index is 0.792. The Kier molecular flexibility index (Phi) is 3.93. The van der Waals surface area contributed by atoms with E-state index in [1.807, 2.05) is 24.5 Å². The molecule has 0 amide bonds. The lowest BCUT2D eigenvalue weighted by Crippen LogP contribution is -2.45. The van der Waals surface area contributed by atoms with Crippen LogP contribution in [0.1, 0.15) is 5.56 Å². The molecule has 0 bridgehead atoms. The number of aromatic nitrogens is 2. The molecule has 1 aromatic carbocycles. The first-order chi connectivity index (χ1) is 11.3. The van der Waals surface area contributed by atoms with Crippen molar-refractivity contribution < 1.29 is 0 Å². The third kappa shape index (κ3) is 3.05. The predicted octanol–water partition coefficient (Wildman–Crippen LogP) is 3.54. The molecule has 0 saturated carbocycles. The zero-order valence-corrected chi connectivity index (χ0v) is 13.6. The van der Waals surface area contributed by atoms with Crippen molar-refractivity contribution in [2.75, 3.05) is 31.1 Å². The highest BCUT2D eigenvalue weighted by Crippen LogP contribution is 2.21. The van der Waals surface area contributed by atoms with Gasteiger partial charge in [0.25, 0.3) is 0 Å². The van der Waals surface area contributed by atoms with Gasteiger partial charge in [0.05, 0.1) is 0 Å². The smallest absolute Gasteiger partial charge is 0.137 e. The summed E-state index contributed by atoms with van der Waals surface area (Å²) in [4.78, 5) is 12.5. The third-order valence-electron chi connectivity index (χ3n) is 4.51. The molecular weight excluding hydrogens is 308 g/mol. The second kappa shape index (κ2) is 6.22. The number of nitrogens with one attached hydrogen (secondary N) is 1. The zero-order valence-electron chi connectivity index (χ0n) is 12.9. The Morgan fingerprint density at radius 1 is 1.00 bits per heavy atom. The maximum absolute atomic E-state index is 5.97. The standard InChI is InChI=1S/C18H19ClN4/c19-15-1-3-16(4-2-15)23-11-9-22(10-12-23)13-14-5-7-20-18-17(14)6-8-21-18/h1-8H,9-13H2,(H,20,21). The van der Waals surface area contributed by atoms with Crippen molar-refractivity contribution in [1.29, 1.82) is 0 Å². The summed E-state index contributed by atoms with van der Waals surface area (Å²) >= 11 is 5.97. The molecule has 1 fully saturated rings. The number of anilines is 1. The van der Waals surface area contributed by atoms with E-state index in [9.17, 15) is 0 Å². The van der Waals surface area contributed by atoms with Gasteiger partial charge in [0.15, 0.2) is 0 Å². The Morgan fingerprint density at radius 2 is 1.78 bits per heavy atom. The number of piperazine rings is 1. The van der Waals surface area contributed by atoms with E-state index in [1.54, 1.807) is 0 Å². The average Bonchev–Trinajstić information content (AvgIpc) is 3.06. The summed E-state index contributed by atoms with van der Waals surface area (Å²) in [5.74, 6) is 0. The zero-order chi connectivity index (χ0) is 15.6. The summed E-state index contributed by atoms with van der Waals surface area (Å²) in [6, 6.07) is 12.4. The van der Waals surface area contributed by atoms with Crippen molar-refractivity contribution in [3.05, 3.63) is 59.4 Å². The van der Waals surface area contributed by atoms with Gasteiger partial charge in [0, 0.05) is 61.2 Å². The number of pyridine rings is 1. The second-order valence-electron chi connectivity index (χ2n) is 5.95. The molecule has 1 N–H and O–H groups in total. The highest BCUT2D eigenvalue weighted by Gasteiger charge is 2.18. The number of H-pyrrole nitrogens is 1. The topological polar surface area (TPSA) is 35.2 Å². The van der Waals surface area contributed by atoms with Gasteiger partial charge in [0.2, 0.25) is 0 Å². The van der Waals surface area contributed by atoms with E-state index in [2.05, 4.69) is 44.0 Å². The molecule has 4 rings (SSSR count). The lowest BCUT2D eigenvalue weighted by atomic mass is 10.1. The van der Waals surface area contributed by atoms with Crippen molar-refractivity contribution in [3.8, 4) is 0 Å². The first-order valence-electron chi connectivity index (χ1n) is 7.93. The molecular formula is C18H19ClN4. The molecule has 118 valence electrons. The first-order valence-corrected chi connectivity index (χ1v) is 8.31. The molecule has 0 atom stereocenters. The molecule has 1 saturated heterocycles. The van der Waals surface area contributed by atoms with Crippen molar-refractivity contribution in [2.24, 2.45) is 0 Å². The minimum atomic E-state index is 0.792. The van der Waals surface area contributed by atoms with Crippen molar-refractivity contribution in [1.82, 2.24) is 14.9 Å². The Hall–Kier alpha value is -2.04. The molecule has 0 radical (unpaired) electrons. The van der Waals surface area contributed by atoms with E-state index in [4.69, 9.17) is 11.6 Å². The van der Waals surface area contributed by atoms with Crippen LogP contribution in [-0.4, -0.2) is 41.0 Å². The average molecular weight is 327 g/mol. The van der Waals surface area contributed by atoms with Gasteiger partial charge in [-0.25, -0.2) is 4.98 Å². The number of fused-ring (bicyclic) bond motifs is 1. The van der Waals surface area contributed by atoms with Gasteiger partial charge < -0.3 is 9.88 Å².